The van der Waals surface area contributed by atoms with Gasteiger partial charge in [0.05, 0.1) is 97.8 Å². The van der Waals surface area contributed by atoms with Crippen molar-refractivity contribution in [1.82, 2.24) is 26.6 Å². The number of rotatable bonds is 60. The third-order valence-corrected chi connectivity index (χ3v) is 11.9. The first kappa shape index (κ1) is 74.3. The van der Waals surface area contributed by atoms with Crippen LogP contribution >= 0.6 is 0 Å². The lowest BCUT2D eigenvalue weighted by Crippen LogP contribution is -2.42. The van der Waals surface area contributed by atoms with Gasteiger partial charge in [0.1, 0.15) is 32.2 Å². The molecule has 0 aromatic heterocycles. The molecule has 0 bridgehead atoms. The molecule has 0 saturated heterocycles. The highest BCUT2D eigenvalue weighted by atomic mass is 16.5. The molecule has 25 heteroatoms. The molecule has 79 heavy (non-hydrogen) atoms. The van der Waals surface area contributed by atoms with Gasteiger partial charge in [0.25, 0.3) is 0 Å². The number of ketones is 2. The maximum absolute atomic E-state index is 12.5. The van der Waals surface area contributed by atoms with E-state index >= 15 is 0 Å². The van der Waals surface area contributed by atoms with E-state index in [0.717, 1.165) is 44.9 Å². The summed E-state index contributed by atoms with van der Waals surface area (Å²) >= 11 is 0. The number of Topliss-reactive ketones (excluding diaryl/α,β-unsaturated/α-hetero) is 2. The van der Waals surface area contributed by atoms with E-state index in [2.05, 4.69) is 26.6 Å². The van der Waals surface area contributed by atoms with Gasteiger partial charge in [-0.1, -0.05) is 89.9 Å². The second-order valence-electron chi connectivity index (χ2n) is 18.9. The summed E-state index contributed by atoms with van der Waals surface area (Å²) in [5.41, 5.74) is 5.25. The van der Waals surface area contributed by atoms with Crippen LogP contribution in [0.25, 0.3) is 0 Å². The number of unbranched alkanes of at least 4 members (excludes halogenated alkanes) is 15. The molecule has 2 atom stereocenters. The number of nitrogens with two attached hydrogens (primary N) is 1. The molecule has 0 aliphatic carbocycles. The lowest BCUT2D eigenvalue weighted by molar-refractivity contribution is -0.144. The second-order valence-corrected chi connectivity index (χ2v) is 18.9. The number of amides is 5. The molecule has 0 fully saturated rings. The monoisotopic (exact) mass is 1130 g/mol. The molecule has 0 aromatic carbocycles. The fourth-order valence-corrected chi connectivity index (χ4v) is 7.44. The lowest BCUT2D eigenvalue weighted by atomic mass is 9.94. The minimum atomic E-state index is -1.08. The van der Waals surface area contributed by atoms with Crippen LogP contribution < -0.4 is 32.3 Å². The Hall–Kier alpha value is -4.73. The largest absolute Gasteiger partial charge is 0.481 e. The van der Waals surface area contributed by atoms with Crippen molar-refractivity contribution in [3.63, 3.8) is 0 Å². The van der Waals surface area contributed by atoms with E-state index < -0.39 is 29.8 Å². The molecule has 0 aliphatic heterocycles. The minimum absolute atomic E-state index is 0.0147. The van der Waals surface area contributed by atoms with Crippen LogP contribution in [-0.2, 0) is 81.0 Å². The minimum Gasteiger partial charge on any atom is -0.481 e. The Morgan fingerprint density at radius 2 is 0.709 bits per heavy atom. The van der Waals surface area contributed by atoms with Crippen LogP contribution in [0.2, 0.25) is 0 Å². The molecule has 9 N–H and O–H groups in total. The molecule has 25 nitrogen and oxygen atoms in total. The Bertz CT molecular complexity index is 1630. The predicted octanol–water partition coefficient (Wildman–Crippen LogP) is 2.16. The maximum Gasteiger partial charge on any atom is 0.306 e. The first-order valence-electron chi connectivity index (χ1n) is 28.4. The Kier molecular flexibility index (Phi) is 51.9. The van der Waals surface area contributed by atoms with Gasteiger partial charge in [0, 0.05) is 51.9 Å². The van der Waals surface area contributed by atoms with Crippen molar-refractivity contribution in [2.45, 2.75) is 148 Å². The summed E-state index contributed by atoms with van der Waals surface area (Å²) in [6, 6.07) is -0.678. The zero-order chi connectivity index (χ0) is 58.2. The lowest BCUT2D eigenvalue weighted by Gasteiger charge is -2.12. The van der Waals surface area contributed by atoms with E-state index in [-0.39, 0.29) is 199 Å². The summed E-state index contributed by atoms with van der Waals surface area (Å²) in [5, 5.41) is 31.4. The molecular weight excluding hydrogens is 1040 g/mol. The molecule has 0 rings (SSSR count). The molecule has 5 amide bonds. The first-order valence-corrected chi connectivity index (χ1v) is 28.4. The molecule has 458 valence electrons. The Morgan fingerprint density at radius 3 is 1.05 bits per heavy atom. The standard InChI is InChI=1S/C54H98N6O19/c1-44(47(62)39-55)60-52(67)43-79-37-33-75-29-25-59-51(66)42-78-36-32-74-28-24-58-50(65)41-77-35-31-73-27-23-57-49(64)40-76-34-30-72-26-22-56-48(63)21-20-45(54(70)71)38-46(61)18-16-14-12-10-8-6-4-2-3-5-7-9-11-13-15-17-19-53(68)69/h44-45H,2-43,55H2,1H3,(H,56,63)(H,57,64)(H,58,65)(H,59,66)(H,60,67)(H,68,69)(H,70,71)/t44-,45+/m0/s1. The first-order chi connectivity index (χ1) is 38.2. The molecule has 0 aromatic rings. The van der Waals surface area contributed by atoms with Crippen molar-refractivity contribution in [2.75, 3.05) is 138 Å². The maximum atomic E-state index is 12.5. The van der Waals surface area contributed by atoms with Crippen molar-refractivity contribution < 1.29 is 91.3 Å². The summed E-state index contributed by atoms with van der Waals surface area (Å²) in [7, 11) is 0. The van der Waals surface area contributed by atoms with E-state index in [1.807, 2.05) is 0 Å². The number of hydrogen-bond donors (Lipinski definition) is 8. The topological polar surface area (TPSA) is 354 Å². The van der Waals surface area contributed by atoms with Crippen molar-refractivity contribution in [3.8, 4) is 0 Å². The van der Waals surface area contributed by atoms with Gasteiger partial charge in [0.15, 0.2) is 5.78 Å². The quantitative estimate of drug-likeness (QED) is 0.0405. The summed E-state index contributed by atoms with van der Waals surface area (Å²) in [5.74, 6) is -4.82. The Morgan fingerprint density at radius 1 is 0.392 bits per heavy atom. The van der Waals surface area contributed by atoms with Crippen LogP contribution in [0.1, 0.15) is 142 Å². The van der Waals surface area contributed by atoms with E-state index in [1.165, 1.54) is 57.8 Å². The Labute approximate surface area is 467 Å². The SMILES string of the molecule is C[C@H](NC(=O)COCCOCCNC(=O)COCCOCCNC(=O)COCCOCCNC(=O)COCCOCCNC(=O)CC[C@H](CC(=O)CCCCCCCCCCCCCCCCCCC(=O)O)C(=O)O)C(=O)CN. The molecule has 0 unspecified atom stereocenters. The normalized spacial score (nSPS) is 11.9. The number of ether oxygens (including phenoxy) is 8. The molecule has 0 saturated carbocycles. The van der Waals surface area contributed by atoms with Crippen molar-refractivity contribution in [2.24, 2.45) is 11.7 Å². The third kappa shape index (κ3) is 53.7. The average molecular weight is 1140 g/mol. The van der Waals surface area contributed by atoms with E-state index in [1.54, 1.807) is 6.92 Å². The van der Waals surface area contributed by atoms with Gasteiger partial charge < -0.3 is 80.4 Å². The third-order valence-electron chi connectivity index (χ3n) is 11.9. The van der Waals surface area contributed by atoms with Crippen LogP contribution in [0.3, 0.4) is 0 Å². The summed E-state index contributed by atoms with van der Waals surface area (Å²) in [6.45, 7) is 4.00. The second kappa shape index (κ2) is 55.2. The number of carboxylic acids is 2. The van der Waals surface area contributed by atoms with Crippen molar-refractivity contribution in [1.29, 1.82) is 0 Å². The number of carbonyl (C=O) groups excluding carboxylic acids is 7. The fraction of sp³-hybridized carbons (Fsp3) is 0.833. The van der Waals surface area contributed by atoms with Crippen molar-refractivity contribution >= 4 is 53.0 Å². The highest BCUT2D eigenvalue weighted by Crippen LogP contribution is 2.17. The molecule has 0 radical (unpaired) electrons. The highest BCUT2D eigenvalue weighted by Gasteiger charge is 2.22. The number of carbonyl (C=O) groups is 9. The van der Waals surface area contributed by atoms with Gasteiger partial charge >= 0.3 is 11.9 Å². The molecule has 0 heterocycles. The van der Waals surface area contributed by atoms with Crippen LogP contribution in [0, 0.1) is 5.92 Å². The number of hydrogen-bond acceptors (Lipinski definition) is 18. The van der Waals surface area contributed by atoms with E-state index in [4.69, 9.17) is 48.7 Å². The van der Waals surface area contributed by atoms with Crippen LogP contribution in [-0.4, -0.2) is 208 Å². The molecular formula is C54H98N6O19. The average Bonchev–Trinajstić information content (AvgIpc) is 3.41. The van der Waals surface area contributed by atoms with Crippen LogP contribution in [0.15, 0.2) is 0 Å². The number of aliphatic carboxylic acids is 2. The summed E-state index contributed by atoms with van der Waals surface area (Å²) in [4.78, 5) is 106. The summed E-state index contributed by atoms with van der Waals surface area (Å²) in [6.07, 6.45) is 18.6. The Balaban J connectivity index is 3.59. The van der Waals surface area contributed by atoms with Gasteiger partial charge in [-0.05, 0) is 26.2 Å². The van der Waals surface area contributed by atoms with Crippen LogP contribution in [0.4, 0.5) is 0 Å². The predicted molar refractivity (Wildman–Crippen MR) is 291 cm³/mol. The summed E-state index contributed by atoms with van der Waals surface area (Å²) < 4.78 is 42.5. The molecule has 0 aliphatic rings. The number of carboxylic acid groups (broad SMARTS) is 2. The van der Waals surface area contributed by atoms with Gasteiger partial charge in [-0.3, -0.25) is 43.2 Å². The zero-order valence-electron chi connectivity index (χ0n) is 47.3. The van der Waals surface area contributed by atoms with Crippen molar-refractivity contribution in [3.05, 3.63) is 0 Å². The smallest absolute Gasteiger partial charge is 0.306 e. The van der Waals surface area contributed by atoms with Gasteiger partial charge in [-0.2, -0.15) is 0 Å². The van der Waals surface area contributed by atoms with E-state index in [9.17, 15) is 48.3 Å². The zero-order valence-corrected chi connectivity index (χ0v) is 47.3. The fourth-order valence-electron chi connectivity index (χ4n) is 7.44. The van der Waals surface area contributed by atoms with Gasteiger partial charge in [-0.25, -0.2) is 0 Å². The van der Waals surface area contributed by atoms with E-state index in [0.29, 0.717) is 6.42 Å². The highest BCUT2D eigenvalue weighted by molar-refractivity contribution is 5.90. The number of nitrogens with one attached hydrogen (secondary N) is 5. The van der Waals surface area contributed by atoms with Gasteiger partial charge in [-0.15, -0.1) is 0 Å². The molecule has 0 spiro atoms. The van der Waals surface area contributed by atoms with Gasteiger partial charge in [0.2, 0.25) is 29.5 Å². The van der Waals surface area contributed by atoms with Crippen LogP contribution in [0.5, 0.6) is 0 Å².